The Labute approximate surface area is 141 Å². The summed E-state index contributed by atoms with van der Waals surface area (Å²) >= 11 is 0. The van der Waals surface area contributed by atoms with Gasteiger partial charge in [0.2, 0.25) is 0 Å². The van der Waals surface area contributed by atoms with E-state index in [0.29, 0.717) is 6.54 Å². The molecule has 7 nitrogen and oxygen atoms in total. The molecule has 0 aliphatic rings. The fraction of sp³-hybridized carbons (Fsp3) is 0.471. The molecule has 7 heteroatoms. The molecule has 0 fully saturated rings. The van der Waals surface area contributed by atoms with Crippen LogP contribution in [0.2, 0.25) is 0 Å². The van der Waals surface area contributed by atoms with Gasteiger partial charge in [0.1, 0.15) is 17.4 Å². The lowest BCUT2D eigenvalue weighted by atomic mass is 10.2. The number of likely N-dealkylation sites (N-methyl/N-ethyl adjacent to an activating group) is 1. The molecule has 0 bridgehead atoms. The second-order valence-corrected chi connectivity index (χ2v) is 5.76. The predicted molar refractivity (Wildman–Crippen MR) is 93.9 cm³/mol. The van der Waals surface area contributed by atoms with Gasteiger partial charge < -0.3 is 9.73 Å². The molecular weight excluding hydrogens is 304 g/mol. The highest BCUT2D eigenvalue weighted by Gasteiger charge is 2.21. The van der Waals surface area contributed by atoms with Crippen molar-refractivity contribution in [2.45, 2.75) is 26.8 Å². The van der Waals surface area contributed by atoms with E-state index in [9.17, 15) is 0 Å². The third-order valence-electron chi connectivity index (χ3n) is 4.29. The van der Waals surface area contributed by atoms with Gasteiger partial charge in [-0.3, -0.25) is 9.58 Å². The van der Waals surface area contributed by atoms with Gasteiger partial charge >= 0.3 is 0 Å². The molecule has 0 radical (unpaired) electrons. The van der Waals surface area contributed by atoms with Gasteiger partial charge in [0, 0.05) is 13.6 Å². The normalized spacial score (nSPS) is 12.9. The van der Waals surface area contributed by atoms with Crippen molar-refractivity contribution in [3.8, 4) is 0 Å². The van der Waals surface area contributed by atoms with Gasteiger partial charge in [0.25, 0.3) is 0 Å². The Morgan fingerprint density at radius 3 is 2.75 bits per heavy atom. The summed E-state index contributed by atoms with van der Waals surface area (Å²) in [6.07, 6.45) is 3.52. The number of hydrogen-bond acceptors (Lipinski definition) is 6. The van der Waals surface area contributed by atoms with Crippen LogP contribution in [0.15, 0.2) is 29.0 Å². The van der Waals surface area contributed by atoms with Crippen molar-refractivity contribution in [3.63, 3.8) is 0 Å². The number of aryl methyl sites for hydroxylation is 2. The van der Waals surface area contributed by atoms with E-state index >= 15 is 0 Å². The Bertz CT molecular complexity index is 791. The van der Waals surface area contributed by atoms with Crippen molar-refractivity contribution in [2.75, 3.05) is 25.0 Å². The maximum Gasteiger partial charge on any atom is 0.163 e. The van der Waals surface area contributed by atoms with E-state index in [1.54, 1.807) is 17.1 Å². The molecule has 128 valence electrons. The summed E-state index contributed by atoms with van der Waals surface area (Å²) in [6.45, 7) is 8.83. The van der Waals surface area contributed by atoms with Crippen LogP contribution >= 0.6 is 0 Å². The number of hydrogen-bond donors (Lipinski definition) is 1. The molecular formula is C17H24N6O. The summed E-state index contributed by atoms with van der Waals surface area (Å²) in [6, 6.07) is 4.10. The largest absolute Gasteiger partial charge is 0.468 e. The second kappa shape index (κ2) is 7.00. The fourth-order valence-electron chi connectivity index (χ4n) is 3.01. The number of rotatable bonds is 7. The molecule has 24 heavy (non-hydrogen) atoms. The molecule has 1 unspecified atom stereocenters. The average molecular weight is 328 g/mol. The molecule has 3 aromatic rings. The molecule has 0 aliphatic carbocycles. The number of aromatic nitrogens is 4. The maximum absolute atomic E-state index is 5.65. The van der Waals surface area contributed by atoms with E-state index in [1.807, 2.05) is 26.1 Å². The second-order valence-electron chi connectivity index (χ2n) is 5.76. The Kier molecular flexibility index (Phi) is 4.80. The van der Waals surface area contributed by atoms with Crippen LogP contribution in [0.5, 0.6) is 0 Å². The smallest absolute Gasteiger partial charge is 0.163 e. The van der Waals surface area contributed by atoms with E-state index in [1.165, 1.54) is 0 Å². The van der Waals surface area contributed by atoms with E-state index in [-0.39, 0.29) is 6.04 Å². The Morgan fingerprint density at radius 2 is 2.08 bits per heavy atom. The van der Waals surface area contributed by atoms with Crippen molar-refractivity contribution < 1.29 is 4.42 Å². The van der Waals surface area contributed by atoms with Crippen molar-refractivity contribution in [1.82, 2.24) is 24.6 Å². The standard InChI is InChI=1S/C17H24N6O/c1-5-23(6-2)14(15-8-7-9-24-15)11-18-16-13-10-19-22(4)17(13)21-12(3)20-16/h7-10,14H,5-6,11H2,1-4H3,(H,18,20,21). The molecule has 1 N–H and O–H groups in total. The molecule has 3 heterocycles. The summed E-state index contributed by atoms with van der Waals surface area (Å²) < 4.78 is 7.42. The first-order chi connectivity index (χ1) is 11.6. The average Bonchev–Trinajstić information content (AvgIpc) is 3.22. The molecule has 0 aliphatic heterocycles. The molecule has 0 saturated carbocycles. The molecule has 3 aromatic heterocycles. The number of anilines is 1. The van der Waals surface area contributed by atoms with Crippen molar-refractivity contribution in [2.24, 2.45) is 7.05 Å². The summed E-state index contributed by atoms with van der Waals surface area (Å²) in [5, 5.41) is 8.69. The van der Waals surface area contributed by atoms with E-state index in [4.69, 9.17) is 4.42 Å². The number of fused-ring (bicyclic) bond motifs is 1. The number of nitrogens with zero attached hydrogens (tertiary/aromatic N) is 5. The molecule has 3 rings (SSSR count). The predicted octanol–water partition coefficient (Wildman–Crippen LogP) is 2.76. The fourth-order valence-corrected chi connectivity index (χ4v) is 3.01. The quantitative estimate of drug-likeness (QED) is 0.719. The molecule has 0 amide bonds. The minimum Gasteiger partial charge on any atom is -0.468 e. The summed E-state index contributed by atoms with van der Waals surface area (Å²) in [5.41, 5.74) is 0.836. The molecule has 0 aromatic carbocycles. The highest BCUT2D eigenvalue weighted by molar-refractivity contribution is 5.86. The summed E-state index contributed by atoms with van der Waals surface area (Å²) in [7, 11) is 1.89. The van der Waals surface area contributed by atoms with Crippen LogP contribution in [0.3, 0.4) is 0 Å². The third-order valence-corrected chi connectivity index (χ3v) is 4.29. The van der Waals surface area contributed by atoms with E-state index < -0.39 is 0 Å². The highest BCUT2D eigenvalue weighted by atomic mass is 16.3. The minimum atomic E-state index is 0.150. The first-order valence-electron chi connectivity index (χ1n) is 8.31. The van der Waals surface area contributed by atoms with Crippen molar-refractivity contribution in [1.29, 1.82) is 0 Å². The molecule has 1 atom stereocenters. The van der Waals surface area contributed by atoms with E-state index in [0.717, 1.165) is 41.5 Å². The lowest BCUT2D eigenvalue weighted by Gasteiger charge is -2.28. The van der Waals surface area contributed by atoms with Gasteiger partial charge in [-0.2, -0.15) is 5.10 Å². The molecule has 0 saturated heterocycles. The van der Waals surface area contributed by atoms with Crippen LogP contribution in [0.25, 0.3) is 11.0 Å². The Morgan fingerprint density at radius 1 is 1.29 bits per heavy atom. The topological polar surface area (TPSA) is 72.0 Å². The van der Waals surface area contributed by atoms with Crippen LogP contribution in [0.1, 0.15) is 31.5 Å². The van der Waals surface area contributed by atoms with Crippen LogP contribution in [0, 0.1) is 6.92 Å². The van der Waals surface area contributed by atoms with Crippen LogP contribution in [-0.4, -0.2) is 44.3 Å². The Hall–Kier alpha value is -2.41. The van der Waals surface area contributed by atoms with Crippen molar-refractivity contribution >= 4 is 16.9 Å². The van der Waals surface area contributed by atoms with Crippen LogP contribution in [-0.2, 0) is 7.05 Å². The van der Waals surface area contributed by atoms with E-state index in [2.05, 4.69) is 39.1 Å². The zero-order chi connectivity index (χ0) is 17.1. The van der Waals surface area contributed by atoms with Gasteiger partial charge in [-0.25, -0.2) is 9.97 Å². The number of nitrogens with one attached hydrogen (secondary N) is 1. The van der Waals surface area contributed by atoms with Gasteiger partial charge in [-0.05, 0) is 32.1 Å². The zero-order valence-corrected chi connectivity index (χ0v) is 14.7. The monoisotopic (exact) mass is 328 g/mol. The van der Waals surface area contributed by atoms with Gasteiger partial charge in [0.05, 0.1) is 23.9 Å². The van der Waals surface area contributed by atoms with Gasteiger partial charge in [-0.15, -0.1) is 0 Å². The van der Waals surface area contributed by atoms with Gasteiger partial charge in [0.15, 0.2) is 5.65 Å². The third kappa shape index (κ3) is 3.12. The van der Waals surface area contributed by atoms with Crippen molar-refractivity contribution in [3.05, 3.63) is 36.2 Å². The summed E-state index contributed by atoms with van der Waals surface area (Å²) in [5.74, 6) is 2.50. The SMILES string of the molecule is CCN(CC)C(CNc1nc(C)nc2c1cnn2C)c1ccco1. The highest BCUT2D eigenvalue weighted by Crippen LogP contribution is 2.24. The first kappa shape index (κ1) is 16.4. The Balaban J connectivity index is 1.87. The minimum absolute atomic E-state index is 0.150. The summed E-state index contributed by atoms with van der Waals surface area (Å²) in [4.78, 5) is 11.4. The maximum atomic E-state index is 5.65. The van der Waals surface area contributed by atoms with Crippen LogP contribution in [0.4, 0.5) is 5.82 Å². The lowest BCUT2D eigenvalue weighted by Crippen LogP contribution is -2.33. The zero-order valence-electron chi connectivity index (χ0n) is 14.7. The molecule has 0 spiro atoms. The number of furan rings is 1. The lowest BCUT2D eigenvalue weighted by molar-refractivity contribution is 0.202. The van der Waals surface area contributed by atoms with Crippen LogP contribution < -0.4 is 5.32 Å². The van der Waals surface area contributed by atoms with Gasteiger partial charge in [-0.1, -0.05) is 13.8 Å². The first-order valence-corrected chi connectivity index (χ1v) is 8.31.